The Kier molecular flexibility index (Phi) is 19.5. The number of piperidine rings is 1. The topological polar surface area (TPSA) is 181 Å². The van der Waals surface area contributed by atoms with Crippen LogP contribution in [0.25, 0.3) is 0 Å². The first kappa shape index (κ1) is 45.8. The molecule has 289 valence electrons. The fourth-order valence-corrected chi connectivity index (χ4v) is 6.49. The number of cyclic esters (lactones) is 1. The van der Waals surface area contributed by atoms with Crippen LogP contribution in [-0.4, -0.2) is 126 Å². The molecule has 0 spiro atoms. The fraction of sp³-hybridized carbons (Fsp3) is 0.667. The number of carbonyl (C=O) groups excluding carboxylic acids is 6. The van der Waals surface area contributed by atoms with Crippen LogP contribution in [0.4, 0.5) is 0 Å². The molecule has 3 N–H and O–H groups in total. The molecule has 1 radical (unpaired) electrons. The Balaban J connectivity index is 0.00000271. The van der Waals surface area contributed by atoms with Gasteiger partial charge in [-0.2, -0.15) is 6.16 Å². The number of nitrogens with one attached hydrogen (secondary N) is 2. The minimum Gasteiger partial charge on any atom is -0.559 e. The number of ether oxygens (including phenoxy) is 3. The zero-order valence-corrected chi connectivity index (χ0v) is 36.7. The van der Waals surface area contributed by atoms with E-state index in [-0.39, 0.29) is 59.5 Å². The van der Waals surface area contributed by atoms with Gasteiger partial charge in [-0.3, -0.25) is 28.8 Å². The van der Waals surface area contributed by atoms with Crippen LogP contribution in [0.5, 0.6) is 0 Å². The van der Waals surface area contributed by atoms with Crippen molar-refractivity contribution in [2.75, 3.05) is 40.0 Å². The Morgan fingerprint density at radius 2 is 1.71 bits per heavy atom. The third-order valence-electron chi connectivity index (χ3n) is 9.56. The second kappa shape index (κ2) is 22.1. The molecule has 7 atom stereocenters. The normalized spacial score (nSPS) is 29.9. The average molecular weight is 967 g/mol. The number of ketones is 1. The van der Waals surface area contributed by atoms with E-state index in [0.717, 1.165) is 21.5 Å². The van der Waals surface area contributed by atoms with Crippen molar-refractivity contribution in [2.45, 2.75) is 108 Å². The van der Waals surface area contributed by atoms with Crippen molar-refractivity contribution in [1.82, 2.24) is 20.4 Å². The molecule has 4 amide bonds. The maximum Gasteiger partial charge on any atom is 0.325 e. The summed E-state index contributed by atoms with van der Waals surface area (Å²) in [6.45, 7) is 4.55. The van der Waals surface area contributed by atoms with E-state index in [1.54, 1.807) is 13.8 Å². The van der Waals surface area contributed by atoms with Gasteiger partial charge in [0.05, 0.1) is 18.8 Å². The van der Waals surface area contributed by atoms with Gasteiger partial charge in [0.15, 0.2) is 0 Å². The quantitative estimate of drug-likeness (QED) is 0.229. The van der Waals surface area contributed by atoms with Gasteiger partial charge < -0.3 is 49.0 Å². The molecule has 52 heavy (non-hydrogen) atoms. The number of aliphatic hydroxyl groups is 1. The van der Waals surface area contributed by atoms with Gasteiger partial charge in [0.2, 0.25) is 23.5 Å². The maximum atomic E-state index is 13.8. The number of methoxy groups -OCH3 is 1. The van der Waals surface area contributed by atoms with E-state index in [4.69, 9.17) is 14.2 Å². The van der Waals surface area contributed by atoms with Crippen molar-refractivity contribution in [3.05, 3.63) is 35.9 Å². The van der Waals surface area contributed by atoms with Crippen molar-refractivity contribution in [2.24, 2.45) is 5.92 Å². The molecule has 4 rings (SSSR count). The molecule has 0 aliphatic carbocycles. The zero-order valence-electron chi connectivity index (χ0n) is 30.9. The number of amides is 4. The van der Waals surface area contributed by atoms with Gasteiger partial charge in [0.25, 0.3) is 11.7 Å². The molecule has 0 saturated carbocycles. The molecule has 0 unspecified atom stereocenters. The summed E-state index contributed by atoms with van der Waals surface area (Å²) in [6, 6.07) is 7.20. The Morgan fingerprint density at radius 1 is 1.04 bits per heavy atom. The summed E-state index contributed by atoms with van der Waals surface area (Å²) >= 11 is 0. The number of benzene rings is 1. The van der Waals surface area contributed by atoms with Crippen molar-refractivity contribution in [3.8, 4) is 0 Å². The Morgan fingerprint density at radius 3 is 2.37 bits per heavy atom. The summed E-state index contributed by atoms with van der Waals surface area (Å²) in [7, 11) is 6.01. The molecule has 1 aromatic rings. The van der Waals surface area contributed by atoms with Gasteiger partial charge in [-0.15, -0.1) is 0 Å². The molecule has 3 aliphatic heterocycles. The zero-order chi connectivity index (χ0) is 37.7. The van der Waals surface area contributed by atoms with Gasteiger partial charge in [-0.05, 0) is 57.4 Å². The average Bonchev–Trinajstić information content (AvgIpc) is 3.12. The van der Waals surface area contributed by atoms with Crippen molar-refractivity contribution < 1.29 is 81.8 Å². The minimum absolute atomic E-state index is 0. The van der Waals surface area contributed by atoms with Crippen LogP contribution in [0.3, 0.4) is 0 Å². The summed E-state index contributed by atoms with van der Waals surface area (Å²) in [4.78, 5) is 82.6. The molecule has 16 heteroatoms. The van der Waals surface area contributed by atoms with Crippen LogP contribution in [-0.2, 0) is 49.4 Å². The largest absolute Gasteiger partial charge is 0.559 e. The van der Waals surface area contributed by atoms with Crippen LogP contribution >= 0.6 is 9.24 Å². The molecular weight excluding hydrogens is 910 g/mol. The number of Topliss-reactive ketones (excluding diaryl/α,β-unsaturated/α-hetero) is 1. The number of carbonyl (C=O) groups is 6. The second-order valence-corrected chi connectivity index (χ2v) is 14.1. The molecular formula is C36H56N4O10PPa-. The number of rotatable bonds is 4. The van der Waals surface area contributed by atoms with E-state index in [0.29, 0.717) is 32.1 Å². The molecule has 3 aliphatic rings. The fourth-order valence-electron chi connectivity index (χ4n) is 6.49. The number of hydrogen-bond donors (Lipinski definition) is 3. The van der Waals surface area contributed by atoms with Gasteiger partial charge in [0, 0.05) is 66.8 Å². The number of nitrogens with zero attached hydrogens (tertiary/aromatic N) is 2. The van der Waals surface area contributed by atoms with Gasteiger partial charge in [-0.1, -0.05) is 44.2 Å². The molecule has 3 saturated heterocycles. The van der Waals surface area contributed by atoms with E-state index >= 15 is 0 Å². The van der Waals surface area contributed by atoms with Gasteiger partial charge in [0.1, 0.15) is 24.7 Å². The van der Waals surface area contributed by atoms with Crippen LogP contribution in [0.15, 0.2) is 30.3 Å². The monoisotopic (exact) mass is 966 g/mol. The third-order valence-corrected chi connectivity index (χ3v) is 9.56. The molecule has 3 heterocycles. The van der Waals surface area contributed by atoms with Gasteiger partial charge >= 0.3 is 5.97 Å². The van der Waals surface area contributed by atoms with E-state index < -0.39 is 90.6 Å². The number of aryl methyl sites for hydroxylation is 1. The number of hydrogen-bond acceptors (Lipinski definition) is 10. The second-order valence-electron chi connectivity index (χ2n) is 13.4. The predicted molar refractivity (Wildman–Crippen MR) is 192 cm³/mol. The molecule has 2 bridgehead atoms. The Bertz CT molecular complexity index is 1380. The molecule has 0 aromatic heterocycles. The number of esters is 1. The van der Waals surface area contributed by atoms with Crippen molar-refractivity contribution in [1.29, 1.82) is 0 Å². The summed E-state index contributed by atoms with van der Waals surface area (Å²) in [5, 5.41) is 16.9. The minimum atomic E-state index is -2.45. The first-order valence-corrected chi connectivity index (χ1v) is 18.4. The van der Waals surface area contributed by atoms with Crippen molar-refractivity contribution >= 4 is 44.6 Å². The van der Waals surface area contributed by atoms with Crippen LogP contribution in [0, 0.1) is 38.2 Å². The Hall–Kier alpha value is -2.36. The first-order chi connectivity index (χ1) is 24.2. The predicted octanol–water partition coefficient (Wildman–Crippen LogP) is 1.88. The number of likely N-dealkylation sites (N-methyl/N-ethyl adjacent to an activating group) is 1. The first-order valence-electron chi connectivity index (χ1n) is 17.7. The standard InChI is InChI=1S/C34H48N4O10.C2H6P.Pa.H2/c1-21-13-15-24-18-27(46-4)22(2)47-29(40)20-37(3)28(39)19-35-31(42)25(16-14-23-10-6-5-7-11-23)36-32(43)26-12-8-9-17-38(26)33(44)30(41)34(21,45)48-24;1-2-3;;/h5-7,10-11,21-22,24-27,45H,8-9,12-20H2,1-4H3,(H,35,42)(H,36,43);3H,2H2,1H3;;1H/q;-1;;/t21-,22+,24+,25-,26+,27+,34-;;;/m1.../s1. The summed E-state index contributed by atoms with van der Waals surface area (Å²) in [5.74, 6) is -7.89. The van der Waals surface area contributed by atoms with Gasteiger partial charge in [-0.25, -0.2) is 0 Å². The van der Waals surface area contributed by atoms with Crippen LogP contribution in [0.2, 0.25) is 0 Å². The summed E-state index contributed by atoms with van der Waals surface area (Å²) in [5.41, 5.74) is 0.925. The van der Waals surface area contributed by atoms with Crippen LogP contribution < -0.4 is 10.6 Å². The third kappa shape index (κ3) is 12.6. The summed E-state index contributed by atoms with van der Waals surface area (Å²) < 4.78 is 17.1. The van der Waals surface area contributed by atoms with E-state index in [1.807, 2.05) is 37.3 Å². The Labute approximate surface area is 335 Å². The molecule has 3 fully saturated rings. The van der Waals surface area contributed by atoms with E-state index in [2.05, 4.69) is 19.9 Å². The van der Waals surface area contributed by atoms with Crippen LogP contribution in [0.1, 0.15) is 72.7 Å². The smallest absolute Gasteiger partial charge is 0.325 e. The SMILES string of the molecule is CC[PH-].CO[C@H]1C[C@@H]2CC[C@@H](C)[C@@](O)(O2)C(=O)C(=O)N2CCCC[C@H]2C(=O)N[C@H](CCc2ccccc2)C(=O)NCC(=O)N(C)CC(=O)O[C@H]1C.[HH].[Pa]. The van der Waals surface area contributed by atoms with E-state index in [1.165, 1.54) is 14.2 Å². The molecule has 14 nitrogen and oxygen atoms in total. The van der Waals surface area contributed by atoms with Crippen molar-refractivity contribution in [3.63, 3.8) is 0 Å². The van der Waals surface area contributed by atoms with E-state index in [9.17, 15) is 33.9 Å². The summed E-state index contributed by atoms with van der Waals surface area (Å²) in [6.07, 6.45) is 1.82. The molecule has 1 aromatic carbocycles. The maximum absolute atomic E-state index is 13.8. The number of fused-ring (bicyclic) bond motifs is 3.